The predicted molar refractivity (Wildman–Crippen MR) is 160 cm³/mol. The molecule has 41 heavy (non-hydrogen) atoms. The van der Waals surface area contributed by atoms with Crippen molar-refractivity contribution in [2.75, 3.05) is 26.1 Å². The van der Waals surface area contributed by atoms with Crippen molar-refractivity contribution in [1.82, 2.24) is 4.98 Å². The van der Waals surface area contributed by atoms with Crippen molar-refractivity contribution >= 4 is 28.5 Å². The molecule has 0 saturated heterocycles. The Morgan fingerprint density at radius 1 is 1.29 bits per heavy atom. The molecule has 1 amide bonds. The predicted octanol–water partition coefficient (Wildman–Crippen LogP) is 5.11. The van der Waals surface area contributed by atoms with E-state index in [2.05, 4.69) is 23.8 Å². The third-order valence-electron chi connectivity index (χ3n) is 7.36. The quantitative estimate of drug-likeness (QED) is 0.275. The van der Waals surface area contributed by atoms with Crippen LogP contribution in [0.3, 0.4) is 0 Å². The number of anilines is 1. The van der Waals surface area contributed by atoms with Crippen molar-refractivity contribution in [2.24, 2.45) is 17.6 Å². The first-order chi connectivity index (χ1) is 19.5. The Labute approximate surface area is 241 Å². The van der Waals surface area contributed by atoms with Gasteiger partial charge in [0.05, 0.1) is 17.9 Å². The van der Waals surface area contributed by atoms with E-state index in [-0.39, 0.29) is 17.6 Å². The van der Waals surface area contributed by atoms with Gasteiger partial charge in [0.15, 0.2) is 11.7 Å². The topological polar surface area (TPSA) is 149 Å². The molecule has 6 atom stereocenters. The average Bonchev–Trinajstić information content (AvgIpc) is 3.35. The molecule has 0 saturated carbocycles. The summed E-state index contributed by atoms with van der Waals surface area (Å²) < 4.78 is 23.1. The highest BCUT2D eigenvalue weighted by atomic mass is 16.6. The highest BCUT2D eigenvalue weighted by Gasteiger charge is 2.30. The maximum atomic E-state index is 11.8. The number of carbonyl (C=O) groups excluding carboxylic acids is 1. The number of phenolic OH excluding ortho intramolecular Hbond substituents is 1. The van der Waals surface area contributed by atoms with E-state index in [4.69, 9.17) is 24.4 Å². The lowest BCUT2D eigenvalue weighted by atomic mass is 9.87. The number of methoxy groups -OCH3 is 2. The Kier molecular flexibility index (Phi) is 11.2. The van der Waals surface area contributed by atoms with Gasteiger partial charge in [-0.25, -0.2) is 9.78 Å². The number of amides is 1. The van der Waals surface area contributed by atoms with Gasteiger partial charge in [-0.05, 0) is 38.2 Å². The van der Waals surface area contributed by atoms with Crippen LogP contribution in [0.25, 0.3) is 16.7 Å². The second-order valence-corrected chi connectivity index (χ2v) is 10.7. The summed E-state index contributed by atoms with van der Waals surface area (Å²) in [6.07, 6.45) is 6.19. The normalized spacial score (nSPS) is 28.7. The van der Waals surface area contributed by atoms with Crippen LogP contribution in [0.2, 0.25) is 0 Å². The SMILES string of the molecule is C=CCNc1c(O)cc2nc3oc2c1C[C@@H](C)C[C@H](OC)[C@H](O)[C@@H](C)/C=C(\C)[C@H](OC(N)=O)[C@@H](OC)C=C/C=C/3C. The molecular weight excluding hydrogens is 526 g/mol. The number of aromatic nitrogens is 1. The Morgan fingerprint density at radius 3 is 2.66 bits per heavy atom. The molecule has 224 valence electrons. The number of primary amides is 1. The smallest absolute Gasteiger partial charge is 0.405 e. The number of aliphatic hydroxyl groups is 1. The van der Waals surface area contributed by atoms with Crippen LogP contribution in [0.1, 0.15) is 45.6 Å². The van der Waals surface area contributed by atoms with Crippen molar-refractivity contribution in [1.29, 1.82) is 0 Å². The van der Waals surface area contributed by atoms with Gasteiger partial charge in [0.25, 0.3) is 0 Å². The summed E-state index contributed by atoms with van der Waals surface area (Å²) in [5.41, 5.74) is 9.25. The zero-order valence-electron chi connectivity index (χ0n) is 24.7. The van der Waals surface area contributed by atoms with Crippen LogP contribution < -0.4 is 11.1 Å². The number of aromatic hydroxyl groups is 1. The third kappa shape index (κ3) is 7.78. The van der Waals surface area contributed by atoms with Gasteiger partial charge in [0, 0.05) is 43.9 Å². The largest absolute Gasteiger partial charge is 0.506 e. The maximum absolute atomic E-state index is 11.8. The van der Waals surface area contributed by atoms with Crippen LogP contribution in [0, 0.1) is 11.8 Å². The number of nitrogens with one attached hydrogen (secondary N) is 1. The van der Waals surface area contributed by atoms with Gasteiger partial charge in [0.2, 0.25) is 5.89 Å². The molecule has 3 rings (SSSR count). The standard InChI is InChI=1S/C31H43N3O7/c1-8-12-33-26-21-13-17(2)14-25(39-7)27(36)19(4)15-20(5)28(41-31(32)37)24(38-6)11-9-10-18(3)30-34-22(16-23(26)35)29(21)40-30/h8-11,15-17,19,24-25,27-28,33,35-36H,1,12-14H2,2-7H3,(H2,32,37)/b11-9?,18-10+,20-15+/t17-,19+,24+,25+,27-,28+/m1/s1. The zero-order chi connectivity index (χ0) is 30.3. The number of oxazole rings is 1. The summed E-state index contributed by atoms with van der Waals surface area (Å²) >= 11 is 0. The third-order valence-corrected chi connectivity index (χ3v) is 7.36. The van der Waals surface area contributed by atoms with Crippen molar-refractivity contribution in [3.63, 3.8) is 0 Å². The number of rotatable bonds is 6. The maximum Gasteiger partial charge on any atom is 0.405 e. The Bertz CT molecular complexity index is 1310. The minimum Gasteiger partial charge on any atom is -0.506 e. The van der Waals surface area contributed by atoms with E-state index in [1.165, 1.54) is 7.11 Å². The van der Waals surface area contributed by atoms with Crippen LogP contribution >= 0.6 is 0 Å². The molecule has 0 unspecified atom stereocenters. The highest BCUT2D eigenvalue weighted by molar-refractivity contribution is 5.87. The first-order valence-corrected chi connectivity index (χ1v) is 13.7. The lowest BCUT2D eigenvalue weighted by Crippen LogP contribution is -2.37. The van der Waals surface area contributed by atoms with Crippen LogP contribution in [0.4, 0.5) is 10.5 Å². The molecule has 10 nitrogen and oxygen atoms in total. The average molecular weight is 570 g/mol. The van der Waals surface area contributed by atoms with Gasteiger partial charge in [-0.1, -0.05) is 44.2 Å². The molecule has 2 heterocycles. The van der Waals surface area contributed by atoms with Gasteiger partial charge in [-0.3, -0.25) is 0 Å². The number of hydrogen-bond acceptors (Lipinski definition) is 9. The summed E-state index contributed by atoms with van der Waals surface area (Å²) in [6, 6.07) is 1.58. The second kappa shape index (κ2) is 14.3. The fraction of sp³-hybridized carbons (Fsp3) is 0.484. The number of phenols is 1. The number of allylic oxidation sites excluding steroid dienone is 3. The van der Waals surface area contributed by atoms with Crippen LogP contribution in [0.15, 0.2) is 53.0 Å². The number of aliphatic hydroxyl groups excluding tert-OH is 1. The number of carbonyl (C=O) groups is 1. The molecule has 1 aromatic carbocycles. The van der Waals surface area contributed by atoms with E-state index >= 15 is 0 Å². The van der Waals surface area contributed by atoms with Gasteiger partial charge >= 0.3 is 6.09 Å². The molecule has 0 aliphatic carbocycles. The number of ether oxygens (including phenoxy) is 3. The lowest BCUT2D eigenvalue weighted by molar-refractivity contribution is -0.0398. The monoisotopic (exact) mass is 569 g/mol. The summed E-state index contributed by atoms with van der Waals surface area (Å²) in [5, 5.41) is 25.4. The molecule has 0 fully saturated rings. The fourth-order valence-corrected chi connectivity index (χ4v) is 5.23. The summed E-state index contributed by atoms with van der Waals surface area (Å²) in [6.45, 7) is 11.8. The van der Waals surface area contributed by atoms with Crippen molar-refractivity contribution < 1.29 is 33.6 Å². The minimum absolute atomic E-state index is 0.0250. The molecule has 0 spiro atoms. The van der Waals surface area contributed by atoms with Crippen molar-refractivity contribution in [3.05, 3.63) is 60.1 Å². The van der Waals surface area contributed by atoms with Gasteiger partial charge < -0.3 is 39.9 Å². The summed E-state index contributed by atoms with van der Waals surface area (Å²) in [5.74, 6) is 0.142. The summed E-state index contributed by atoms with van der Waals surface area (Å²) in [4.78, 5) is 16.4. The lowest BCUT2D eigenvalue weighted by Gasteiger charge is -2.29. The van der Waals surface area contributed by atoms with Gasteiger partial charge in [0.1, 0.15) is 17.4 Å². The molecule has 2 aromatic rings. The van der Waals surface area contributed by atoms with Crippen LogP contribution in [-0.4, -0.2) is 66.5 Å². The molecule has 5 N–H and O–H groups in total. The first kappa shape index (κ1) is 31.9. The highest BCUT2D eigenvalue weighted by Crippen LogP contribution is 2.38. The van der Waals surface area contributed by atoms with E-state index < -0.39 is 30.5 Å². The second-order valence-electron chi connectivity index (χ2n) is 10.7. The molecule has 0 radical (unpaired) electrons. The van der Waals surface area contributed by atoms with Gasteiger partial charge in [-0.2, -0.15) is 0 Å². The Hall–Kier alpha value is -3.60. The van der Waals surface area contributed by atoms with E-state index in [1.54, 1.807) is 38.3 Å². The zero-order valence-corrected chi connectivity index (χ0v) is 24.7. The number of hydrogen-bond donors (Lipinski definition) is 4. The van der Waals surface area contributed by atoms with E-state index in [9.17, 15) is 15.0 Å². The van der Waals surface area contributed by atoms with E-state index in [0.29, 0.717) is 47.6 Å². The van der Waals surface area contributed by atoms with Crippen LogP contribution in [-0.2, 0) is 20.6 Å². The number of benzene rings is 1. The van der Waals surface area contributed by atoms with Crippen LogP contribution in [0.5, 0.6) is 5.75 Å². The minimum atomic E-state index is -0.934. The number of nitrogens with two attached hydrogens (primary N) is 1. The van der Waals surface area contributed by atoms with Crippen molar-refractivity contribution in [3.8, 4) is 5.75 Å². The molecule has 10 heteroatoms. The fourth-order valence-electron chi connectivity index (χ4n) is 5.23. The molecule has 1 aromatic heterocycles. The number of fused-ring (bicyclic) bond motifs is 1. The summed E-state index contributed by atoms with van der Waals surface area (Å²) in [7, 11) is 3.08. The molecular formula is C31H43N3O7. The Balaban J connectivity index is 2.19. The molecule has 2 bridgehead atoms. The first-order valence-electron chi connectivity index (χ1n) is 13.7. The van der Waals surface area contributed by atoms with E-state index in [1.807, 2.05) is 26.0 Å². The van der Waals surface area contributed by atoms with Crippen molar-refractivity contribution in [2.45, 2.75) is 65.0 Å². The molecule has 1 aliphatic rings. The number of nitrogens with zero attached hydrogens (tertiary/aromatic N) is 1. The Morgan fingerprint density at radius 2 is 2.02 bits per heavy atom. The molecule has 1 aliphatic heterocycles. The van der Waals surface area contributed by atoms with E-state index in [0.717, 1.165) is 11.1 Å². The van der Waals surface area contributed by atoms with Gasteiger partial charge in [-0.15, -0.1) is 6.58 Å².